The van der Waals surface area contributed by atoms with Crippen molar-refractivity contribution in [2.75, 3.05) is 38.6 Å². The zero-order valence-corrected chi connectivity index (χ0v) is 20.4. The third kappa shape index (κ3) is 4.21. The van der Waals surface area contributed by atoms with Gasteiger partial charge in [-0.3, -0.25) is 14.3 Å². The van der Waals surface area contributed by atoms with Gasteiger partial charge >= 0.3 is 0 Å². The molecule has 1 amide bonds. The van der Waals surface area contributed by atoms with Crippen LogP contribution in [0.3, 0.4) is 0 Å². The Balaban J connectivity index is 1.42. The minimum Gasteiger partial charge on any atom is -0.353 e. The molecule has 0 bridgehead atoms. The highest BCUT2D eigenvalue weighted by Crippen LogP contribution is 2.24. The Labute approximate surface area is 203 Å². The first-order valence-corrected chi connectivity index (χ1v) is 11.7. The van der Waals surface area contributed by atoms with Crippen LogP contribution in [0.5, 0.6) is 0 Å². The summed E-state index contributed by atoms with van der Waals surface area (Å²) >= 11 is 0. The van der Waals surface area contributed by atoms with Crippen molar-refractivity contribution in [2.45, 2.75) is 13.0 Å². The van der Waals surface area contributed by atoms with Gasteiger partial charge in [-0.25, -0.2) is 14.2 Å². The number of benzene rings is 1. The van der Waals surface area contributed by atoms with Crippen LogP contribution in [0.2, 0.25) is 0 Å². The molecule has 35 heavy (non-hydrogen) atoms. The third-order valence-corrected chi connectivity index (χ3v) is 6.70. The lowest BCUT2D eigenvalue weighted by atomic mass is 10.0. The van der Waals surface area contributed by atoms with E-state index in [4.69, 9.17) is 0 Å². The van der Waals surface area contributed by atoms with E-state index in [0.717, 1.165) is 30.2 Å². The van der Waals surface area contributed by atoms with Gasteiger partial charge in [0.25, 0.3) is 11.5 Å². The molecule has 0 aliphatic carbocycles. The summed E-state index contributed by atoms with van der Waals surface area (Å²) in [4.78, 5) is 35.3. The molecule has 0 spiro atoms. The van der Waals surface area contributed by atoms with Crippen molar-refractivity contribution in [3.63, 3.8) is 0 Å². The highest BCUT2D eigenvalue weighted by Gasteiger charge is 2.36. The number of rotatable bonds is 6. The van der Waals surface area contributed by atoms with Crippen LogP contribution in [0.25, 0.3) is 11.3 Å². The lowest BCUT2D eigenvalue weighted by molar-refractivity contribution is 0.0926. The average molecular weight is 475 g/mol. The number of hydrogen-bond donors (Lipinski definition) is 1. The van der Waals surface area contributed by atoms with E-state index in [2.05, 4.69) is 25.2 Å². The first-order chi connectivity index (χ1) is 16.8. The van der Waals surface area contributed by atoms with Crippen LogP contribution in [0.1, 0.15) is 16.1 Å². The van der Waals surface area contributed by atoms with Crippen molar-refractivity contribution in [1.82, 2.24) is 34.2 Å². The second kappa shape index (κ2) is 9.03. The Morgan fingerprint density at radius 1 is 1.14 bits per heavy atom. The molecular weight excluding hydrogens is 444 g/mol. The van der Waals surface area contributed by atoms with Gasteiger partial charge in [-0.15, -0.1) is 5.10 Å². The number of amides is 1. The van der Waals surface area contributed by atoms with E-state index in [9.17, 15) is 9.59 Å². The molecule has 0 saturated carbocycles. The Kier molecular flexibility index (Phi) is 5.89. The second-order valence-corrected chi connectivity index (χ2v) is 9.37. The molecule has 2 unspecified atom stereocenters. The maximum atomic E-state index is 13.5. The van der Waals surface area contributed by atoms with Crippen LogP contribution in [0.4, 0.5) is 5.82 Å². The predicted octanol–water partition coefficient (Wildman–Crippen LogP) is 1.32. The minimum absolute atomic E-state index is 0.130. The summed E-state index contributed by atoms with van der Waals surface area (Å²) in [5.74, 6) is 0.666. The van der Waals surface area contributed by atoms with Gasteiger partial charge in [0.2, 0.25) is 0 Å². The predicted molar refractivity (Wildman–Crippen MR) is 134 cm³/mol. The molecule has 4 heterocycles. The van der Waals surface area contributed by atoms with Gasteiger partial charge in [0.15, 0.2) is 5.65 Å². The highest BCUT2D eigenvalue weighted by molar-refractivity contribution is 5.95. The molecule has 5 rings (SSSR count). The fourth-order valence-corrected chi connectivity index (χ4v) is 4.92. The van der Waals surface area contributed by atoms with Crippen LogP contribution < -0.4 is 15.8 Å². The largest absolute Gasteiger partial charge is 0.353 e. The lowest BCUT2D eigenvalue weighted by Crippen LogP contribution is -2.44. The molecule has 1 N–H and O–H groups in total. The van der Waals surface area contributed by atoms with Crippen LogP contribution in [0, 0.1) is 12.8 Å². The van der Waals surface area contributed by atoms with Gasteiger partial charge < -0.3 is 15.1 Å². The van der Waals surface area contributed by atoms with Crippen molar-refractivity contribution in [1.29, 1.82) is 0 Å². The number of nitrogens with one attached hydrogen (secondary N) is 1. The molecule has 0 radical (unpaired) electrons. The third-order valence-electron chi connectivity index (χ3n) is 6.70. The summed E-state index contributed by atoms with van der Waals surface area (Å²) in [6, 6.07) is 13.1. The fourth-order valence-electron chi connectivity index (χ4n) is 4.92. The van der Waals surface area contributed by atoms with Crippen LogP contribution >= 0.6 is 0 Å². The van der Waals surface area contributed by atoms with Gasteiger partial charge in [0, 0.05) is 45.0 Å². The maximum absolute atomic E-state index is 13.5. The topological polar surface area (TPSA) is 92.7 Å². The van der Waals surface area contributed by atoms with Crippen molar-refractivity contribution in [3.05, 3.63) is 76.5 Å². The number of carbonyl (C=O) groups is 1. The van der Waals surface area contributed by atoms with E-state index < -0.39 is 0 Å². The minimum atomic E-state index is -0.341. The number of aromatic nitrogens is 5. The molecule has 1 aliphatic heterocycles. The number of imidazole rings is 1. The van der Waals surface area contributed by atoms with E-state index in [1.54, 1.807) is 29.4 Å². The molecule has 182 valence electrons. The van der Waals surface area contributed by atoms with E-state index in [-0.39, 0.29) is 29.0 Å². The fraction of sp³-hybridized carbons (Fsp3) is 0.360. The normalized spacial score (nSPS) is 18.0. The van der Waals surface area contributed by atoms with Gasteiger partial charge in [-0.05, 0) is 45.3 Å². The number of para-hydroxylation sites is 1. The van der Waals surface area contributed by atoms with E-state index >= 15 is 0 Å². The summed E-state index contributed by atoms with van der Waals surface area (Å²) in [5.41, 5.74) is 2.00. The first kappa shape index (κ1) is 22.9. The summed E-state index contributed by atoms with van der Waals surface area (Å²) in [7, 11) is 5.85. The molecule has 1 fully saturated rings. The quantitative estimate of drug-likeness (QED) is 0.453. The molecule has 2 atom stereocenters. The van der Waals surface area contributed by atoms with Crippen LogP contribution in [-0.2, 0) is 7.05 Å². The molecule has 1 aromatic carbocycles. The van der Waals surface area contributed by atoms with Crippen molar-refractivity contribution in [2.24, 2.45) is 13.0 Å². The van der Waals surface area contributed by atoms with Gasteiger partial charge in [-0.1, -0.05) is 18.2 Å². The molecule has 10 nitrogen and oxygen atoms in total. The first-order valence-electron chi connectivity index (χ1n) is 11.7. The number of nitrogens with zero attached hydrogens (tertiary/aromatic N) is 7. The van der Waals surface area contributed by atoms with Crippen LogP contribution in [0.15, 0.2) is 59.7 Å². The summed E-state index contributed by atoms with van der Waals surface area (Å²) in [6.45, 7) is 3.96. The Morgan fingerprint density at radius 2 is 1.91 bits per heavy atom. The van der Waals surface area contributed by atoms with Crippen molar-refractivity contribution >= 4 is 17.4 Å². The van der Waals surface area contributed by atoms with Crippen molar-refractivity contribution in [3.8, 4) is 5.69 Å². The van der Waals surface area contributed by atoms with E-state index in [0.29, 0.717) is 12.2 Å². The zero-order valence-electron chi connectivity index (χ0n) is 20.4. The second-order valence-electron chi connectivity index (χ2n) is 9.37. The number of anilines is 1. The molecule has 4 aromatic rings. The number of hydrogen-bond acceptors (Lipinski definition) is 6. The Morgan fingerprint density at radius 3 is 2.66 bits per heavy atom. The standard InChI is InChI=1S/C25H30N8O2/c1-17-23(25(35)33(30(17)4)19-8-6-5-7-9-19)24(34)27-20-16-31(15-18(20)14-29(2)3)22-11-10-21-26-12-13-32(21)28-22/h5-13,18,20H,14-16H2,1-4H3,(H,27,34). The van der Waals surface area contributed by atoms with Gasteiger partial charge in [-0.2, -0.15) is 0 Å². The number of carbonyl (C=O) groups excluding carboxylic acids is 1. The molecule has 3 aromatic heterocycles. The van der Waals surface area contributed by atoms with E-state index in [1.165, 1.54) is 4.68 Å². The summed E-state index contributed by atoms with van der Waals surface area (Å²) in [5, 5.41) is 7.85. The van der Waals surface area contributed by atoms with Gasteiger partial charge in [0.1, 0.15) is 11.4 Å². The van der Waals surface area contributed by atoms with E-state index in [1.807, 2.05) is 62.8 Å². The summed E-state index contributed by atoms with van der Waals surface area (Å²) in [6.07, 6.45) is 3.54. The molecular formula is C25H30N8O2. The Bertz CT molecular complexity index is 1420. The van der Waals surface area contributed by atoms with Crippen LogP contribution in [-0.4, -0.2) is 74.5 Å². The molecule has 1 aliphatic rings. The SMILES string of the molecule is Cc1c(C(=O)NC2CN(c3ccc4nccn4n3)CC2CN(C)C)c(=O)n(-c2ccccc2)n1C. The zero-order chi connectivity index (χ0) is 24.7. The van der Waals surface area contributed by atoms with Crippen molar-refractivity contribution < 1.29 is 4.79 Å². The molecule has 1 saturated heterocycles. The molecule has 10 heteroatoms. The monoisotopic (exact) mass is 474 g/mol. The Hall–Kier alpha value is -3.92. The number of fused-ring (bicyclic) bond motifs is 1. The maximum Gasteiger partial charge on any atom is 0.284 e. The summed E-state index contributed by atoms with van der Waals surface area (Å²) < 4.78 is 5.02. The highest BCUT2D eigenvalue weighted by atomic mass is 16.2. The lowest BCUT2D eigenvalue weighted by Gasteiger charge is -2.22. The average Bonchev–Trinajstić information content (AvgIpc) is 3.51. The smallest absolute Gasteiger partial charge is 0.284 e. The van der Waals surface area contributed by atoms with Gasteiger partial charge in [0.05, 0.1) is 17.4 Å².